The Morgan fingerprint density at radius 2 is 1.52 bits per heavy atom. The Kier molecular flexibility index (Phi) is 10.5. The topological polar surface area (TPSA) is 86.8 Å². The zero-order valence-corrected chi connectivity index (χ0v) is 25.2. The molecule has 0 aliphatic carbocycles. The second-order valence-corrected chi connectivity index (χ2v) is 12.4. The van der Waals surface area contributed by atoms with Gasteiger partial charge in [0.25, 0.3) is 10.0 Å². The number of hydrogen-bond donors (Lipinski definition) is 1. The van der Waals surface area contributed by atoms with Crippen molar-refractivity contribution in [2.75, 3.05) is 17.4 Å². The van der Waals surface area contributed by atoms with Gasteiger partial charge >= 0.3 is 0 Å². The van der Waals surface area contributed by atoms with Gasteiger partial charge in [0.05, 0.1) is 10.6 Å². The summed E-state index contributed by atoms with van der Waals surface area (Å²) in [7, 11) is -4.08. The molecular weight excluding hydrogens is 522 g/mol. The molecule has 0 aliphatic rings. The van der Waals surface area contributed by atoms with Crippen LogP contribution in [0.1, 0.15) is 49.4 Å². The molecule has 0 fully saturated rings. The van der Waals surface area contributed by atoms with E-state index in [1.54, 1.807) is 36.4 Å². The van der Waals surface area contributed by atoms with Crippen molar-refractivity contribution in [3.63, 3.8) is 0 Å². The second kappa shape index (κ2) is 13.6. The Morgan fingerprint density at radius 3 is 2.10 bits per heavy atom. The highest BCUT2D eigenvalue weighted by atomic mass is 32.2. The van der Waals surface area contributed by atoms with Crippen molar-refractivity contribution in [2.45, 2.75) is 71.4 Å². The molecule has 0 aliphatic heterocycles. The van der Waals surface area contributed by atoms with E-state index < -0.39 is 28.5 Å². The minimum atomic E-state index is -4.08. The molecule has 3 rings (SSSR count). The van der Waals surface area contributed by atoms with E-state index in [0.29, 0.717) is 18.5 Å². The highest BCUT2D eigenvalue weighted by Crippen LogP contribution is 2.27. The van der Waals surface area contributed by atoms with Crippen molar-refractivity contribution in [3.05, 3.63) is 95.1 Å². The second-order valence-electron chi connectivity index (χ2n) is 10.5. The third-order valence-electron chi connectivity index (χ3n) is 6.97. The average molecular weight is 564 g/mol. The van der Waals surface area contributed by atoms with Crippen molar-refractivity contribution in [2.24, 2.45) is 0 Å². The van der Waals surface area contributed by atoms with Gasteiger partial charge in [0.1, 0.15) is 12.6 Å². The quantitative estimate of drug-likeness (QED) is 0.329. The summed E-state index contributed by atoms with van der Waals surface area (Å²) in [6, 6.07) is 20.9. The van der Waals surface area contributed by atoms with Crippen LogP contribution in [0.4, 0.5) is 5.69 Å². The lowest BCUT2D eigenvalue weighted by molar-refractivity contribution is -0.139. The molecule has 0 saturated carbocycles. The number of nitrogens with zero attached hydrogens (tertiary/aromatic N) is 2. The Morgan fingerprint density at radius 1 is 0.875 bits per heavy atom. The maximum absolute atomic E-state index is 14.1. The largest absolute Gasteiger partial charge is 0.352 e. The van der Waals surface area contributed by atoms with Crippen LogP contribution in [0.5, 0.6) is 0 Å². The van der Waals surface area contributed by atoms with Crippen LogP contribution < -0.4 is 9.62 Å². The van der Waals surface area contributed by atoms with E-state index in [2.05, 4.69) is 5.32 Å². The van der Waals surface area contributed by atoms with Gasteiger partial charge in [-0.05, 0) is 88.4 Å². The first-order chi connectivity index (χ1) is 18.9. The van der Waals surface area contributed by atoms with Crippen LogP contribution in [0.2, 0.25) is 0 Å². The van der Waals surface area contributed by atoms with Crippen LogP contribution in [0, 0.1) is 20.8 Å². The van der Waals surface area contributed by atoms with Gasteiger partial charge in [-0.2, -0.15) is 0 Å². The minimum Gasteiger partial charge on any atom is -0.352 e. The van der Waals surface area contributed by atoms with Gasteiger partial charge < -0.3 is 10.2 Å². The molecule has 1 atom stereocenters. The Hall–Kier alpha value is -3.65. The summed E-state index contributed by atoms with van der Waals surface area (Å²) in [6.07, 6.45) is 0.930. The molecule has 1 N–H and O–H groups in total. The molecule has 214 valence electrons. The lowest BCUT2D eigenvalue weighted by Crippen LogP contribution is -2.54. The van der Waals surface area contributed by atoms with E-state index in [4.69, 9.17) is 0 Å². The number of nitrogens with one attached hydrogen (secondary N) is 1. The van der Waals surface area contributed by atoms with Crippen molar-refractivity contribution in [1.82, 2.24) is 10.2 Å². The molecular formula is C32H41N3O4S. The third-order valence-corrected chi connectivity index (χ3v) is 8.76. The molecule has 40 heavy (non-hydrogen) atoms. The molecule has 0 radical (unpaired) electrons. The fourth-order valence-corrected chi connectivity index (χ4v) is 5.93. The number of sulfonamides is 1. The van der Waals surface area contributed by atoms with Crippen LogP contribution in [0.3, 0.4) is 0 Å². The maximum atomic E-state index is 14.1. The van der Waals surface area contributed by atoms with Crippen LogP contribution in [0.25, 0.3) is 0 Å². The van der Waals surface area contributed by atoms with Crippen LogP contribution in [-0.2, 0) is 26.0 Å². The normalized spacial score (nSPS) is 12.2. The molecule has 0 spiro atoms. The fraction of sp³-hybridized carbons (Fsp3) is 0.375. The minimum absolute atomic E-state index is 0.0958. The van der Waals surface area contributed by atoms with E-state index >= 15 is 0 Å². The standard InChI is InChI=1S/C32H41N3O4S/c1-7-30(32(37)33-23(2)3)34(20-19-27-11-9-8-10-12-27)31(36)22-35(28-16-15-25(5)26(6)21-28)40(38,39)29-17-13-24(4)14-18-29/h8-18,21,23,30H,7,19-20,22H2,1-6H3,(H,33,37)/t30-/m0/s1. The van der Waals surface area contributed by atoms with E-state index in [0.717, 1.165) is 26.6 Å². The van der Waals surface area contributed by atoms with Gasteiger partial charge in [0.2, 0.25) is 11.8 Å². The smallest absolute Gasteiger partial charge is 0.264 e. The van der Waals surface area contributed by atoms with E-state index in [-0.39, 0.29) is 23.4 Å². The van der Waals surface area contributed by atoms with E-state index in [1.807, 2.05) is 77.9 Å². The average Bonchev–Trinajstić information content (AvgIpc) is 2.91. The van der Waals surface area contributed by atoms with Gasteiger partial charge in [0, 0.05) is 12.6 Å². The third kappa shape index (κ3) is 7.72. The van der Waals surface area contributed by atoms with Gasteiger partial charge in [0.15, 0.2) is 0 Å². The first kappa shape index (κ1) is 30.9. The number of amides is 2. The number of aryl methyl sites for hydroxylation is 3. The summed E-state index contributed by atoms with van der Waals surface area (Å²) in [5.41, 5.74) is 4.29. The number of benzene rings is 3. The van der Waals surface area contributed by atoms with Crippen molar-refractivity contribution in [3.8, 4) is 0 Å². The molecule has 7 nitrogen and oxygen atoms in total. The molecule has 0 unspecified atom stereocenters. The number of anilines is 1. The Balaban J connectivity index is 2.03. The summed E-state index contributed by atoms with van der Waals surface area (Å²) in [5, 5.41) is 2.92. The van der Waals surface area contributed by atoms with Gasteiger partial charge in [-0.3, -0.25) is 13.9 Å². The first-order valence-electron chi connectivity index (χ1n) is 13.7. The van der Waals surface area contributed by atoms with E-state index in [9.17, 15) is 18.0 Å². The molecule has 3 aromatic carbocycles. The van der Waals surface area contributed by atoms with Crippen LogP contribution in [0.15, 0.2) is 77.7 Å². The zero-order valence-electron chi connectivity index (χ0n) is 24.3. The van der Waals surface area contributed by atoms with Gasteiger partial charge in [-0.25, -0.2) is 8.42 Å². The number of hydrogen-bond acceptors (Lipinski definition) is 4. The Bertz CT molecular complexity index is 1400. The molecule has 3 aromatic rings. The lowest BCUT2D eigenvalue weighted by Gasteiger charge is -2.33. The summed E-state index contributed by atoms with van der Waals surface area (Å²) in [6.45, 7) is 11.2. The van der Waals surface area contributed by atoms with Crippen molar-refractivity contribution >= 4 is 27.5 Å². The molecule has 2 amide bonds. The number of rotatable bonds is 12. The number of carbonyl (C=O) groups is 2. The first-order valence-corrected chi connectivity index (χ1v) is 15.2. The van der Waals surface area contributed by atoms with Gasteiger partial charge in [-0.1, -0.05) is 61.0 Å². The highest BCUT2D eigenvalue weighted by molar-refractivity contribution is 7.92. The lowest BCUT2D eigenvalue weighted by atomic mass is 10.1. The van der Waals surface area contributed by atoms with Crippen LogP contribution >= 0.6 is 0 Å². The Labute approximate surface area is 239 Å². The van der Waals surface area contributed by atoms with Crippen molar-refractivity contribution < 1.29 is 18.0 Å². The summed E-state index contributed by atoms with van der Waals surface area (Å²) >= 11 is 0. The molecule has 0 saturated heterocycles. The molecule has 8 heteroatoms. The number of carbonyl (C=O) groups excluding carboxylic acids is 2. The van der Waals surface area contributed by atoms with E-state index in [1.165, 1.54) is 4.90 Å². The zero-order chi connectivity index (χ0) is 29.4. The molecule has 0 aromatic heterocycles. The predicted molar refractivity (Wildman–Crippen MR) is 161 cm³/mol. The summed E-state index contributed by atoms with van der Waals surface area (Å²) in [4.78, 5) is 28.9. The van der Waals surface area contributed by atoms with Gasteiger partial charge in [-0.15, -0.1) is 0 Å². The van der Waals surface area contributed by atoms with Crippen molar-refractivity contribution in [1.29, 1.82) is 0 Å². The molecule has 0 bridgehead atoms. The fourth-order valence-electron chi connectivity index (χ4n) is 4.52. The SMILES string of the molecule is CC[C@@H](C(=O)NC(C)C)N(CCc1ccccc1)C(=O)CN(c1ccc(C)c(C)c1)S(=O)(=O)c1ccc(C)cc1. The predicted octanol–water partition coefficient (Wildman–Crippen LogP) is 5.18. The van der Waals surface area contributed by atoms with Crippen LogP contribution in [-0.4, -0.2) is 50.3 Å². The monoisotopic (exact) mass is 563 g/mol. The molecule has 0 heterocycles. The summed E-state index contributed by atoms with van der Waals surface area (Å²) < 4.78 is 29.1. The summed E-state index contributed by atoms with van der Waals surface area (Å²) in [5.74, 6) is -0.686. The maximum Gasteiger partial charge on any atom is 0.264 e. The highest BCUT2D eigenvalue weighted by Gasteiger charge is 2.33.